The maximum atomic E-state index is 12.5. The standard InChI is InChI=1S/C21H27N3O3/c1-14-11-24(12-15(2)27-14)13-16-4-6-17(7-5-16)21(25)23-18-8-9-20(26-3)19(22)10-18/h4-10,14-15H,11-13,22H2,1-3H3,(H,23,25). The van der Waals surface area contributed by atoms with Crippen LogP contribution in [0.1, 0.15) is 29.8 Å². The summed E-state index contributed by atoms with van der Waals surface area (Å²) in [6.45, 7) is 6.90. The van der Waals surface area contributed by atoms with Gasteiger partial charge in [-0.25, -0.2) is 0 Å². The molecule has 0 saturated carbocycles. The molecule has 1 saturated heterocycles. The summed E-state index contributed by atoms with van der Waals surface area (Å²) in [6, 6.07) is 12.9. The van der Waals surface area contributed by atoms with Gasteiger partial charge in [-0.3, -0.25) is 9.69 Å². The van der Waals surface area contributed by atoms with Crippen molar-refractivity contribution in [1.82, 2.24) is 4.90 Å². The molecule has 2 aromatic carbocycles. The van der Waals surface area contributed by atoms with Gasteiger partial charge in [0.1, 0.15) is 5.75 Å². The minimum absolute atomic E-state index is 0.167. The third-order valence-electron chi connectivity index (χ3n) is 4.61. The molecule has 0 bridgehead atoms. The number of amides is 1. The Morgan fingerprint density at radius 1 is 1.19 bits per heavy atom. The van der Waals surface area contributed by atoms with Gasteiger partial charge >= 0.3 is 0 Å². The van der Waals surface area contributed by atoms with Crippen molar-refractivity contribution in [2.45, 2.75) is 32.6 Å². The van der Waals surface area contributed by atoms with E-state index in [2.05, 4.69) is 24.1 Å². The Morgan fingerprint density at radius 3 is 2.44 bits per heavy atom. The number of nitrogens with zero attached hydrogens (tertiary/aromatic N) is 1. The van der Waals surface area contributed by atoms with Crippen LogP contribution in [0.25, 0.3) is 0 Å². The van der Waals surface area contributed by atoms with Crippen molar-refractivity contribution < 1.29 is 14.3 Å². The van der Waals surface area contributed by atoms with Crippen molar-refractivity contribution in [2.75, 3.05) is 31.2 Å². The number of ether oxygens (including phenoxy) is 2. The number of benzene rings is 2. The smallest absolute Gasteiger partial charge is 0.255 e. The third-order valence-corrected chi connectivity index (χ3v) is 4.61. The van der Waals surface area contributed by atoms with E-state index in [-0.39, 0.29) is 18.1 Å². The molecule has 6 nitrogen and oxygen atoms in total. The second-order valence-corrected chi connectivity index (χ2v) is 7.06. The van der Waals surface area contributed by atoms with Crippen LogP contribution < -0.4 is 15.8 Å². The van der Waals surface area contributed by atoms with E-state index in [1.807, 2.05) is 24.3 Å². The van der Waals surface area contributed by atoms with E-state index in [0.717, 1.165) is 19.6 Å². The Balaban J connectivity index is 1.61. The molecule has 0 aliphatic carbocycles. The first-order valence-electron chi connectivity index (χ1n) is 9.16. The summed E-state index contributed by atoms with van der Waals surface area (Å²) < 4.78 is 10.9. The monoisotopic (exact) mass is 369 g/mol. The maximum Gasteiger partial charge on any atom is 0.255 e. The quantitative estimate of drug-likeness (QED) is 0.792. The molecule has 1 aliphatic rings. The van der Waals surface area contributed by atoms with E-state index in [4.69, 9.17) is 15.2 Å². The number of morpholine rings is 1. The Morgan fingerprint density at radius 2 is 1.85 bits per heavy atom. The molecule has 3 rings (SSSR count). The minimum Gasteiger partial charge on any atom is -0.495 e. The highest BCUT2D eigenvalue weighted by atomic mass is 16.5. The van der Waals surface area contributed by atoms with Gasteiger partial charge < -0.3 is 20.5 Å². The van der Waals surface area contributed by atoms with Crippen LogP contribution in [-0.2, 0) is 11.3 Å². The van der Waals surface area contributed by atoms with Crippen LogP contribution in [0.5, 0.6) is 5.75 Å². The number of nitrogens with two attached hydrogens (primary N) is 1. The number of methoxy groups -OCH3 is 1. The summed E-state index contributed by atoms with van der Waals surface area (Å²) in [7, 11) is 1.56. The minimum atomic E-state index is -0.167. The second kappa shape index (κ2) is 8.41. The average molecular weight is 369 g/mol. The predicted molar refractivity (Wildman–Crippen MR) is 107 cm³/mol. The molecule has 1 amide bonds. The third kappa shape index (κ3) is 4.99. The second-order valence-electron chi connectivity index (χ2n) is 7.06. The number of anilines is 2. The summed E-state index contributed by atoms with van der Waals surface area (Å²) in [5, 5.41) is 2.86. The summed E-state index contributed by atoms with van der Waals surface area (Å²) >= 11 is 0. The lowest BCUT2D eigenvalue weighted by molar-refractivity contribution is -0.0704. The van der Waals surface area contributed by atoms with Gasteiger partial charge in [0, 0.05) is 30.9 Å². The molecule has 6 heteroatoms. The first-order valence-corrected chi connectivity index (χ1v) is 9.16. The Labute approximate surface area is 160 Å². The van der Waals surface area contributed by atoms with Gasteiger partial charge in [0.05, 0.1) is 25.0 Å². The van der Waals surface area contributed by atoms with Gasteiger partial charge in [0.15, 0.2) is 0 Å². The highest BCUT2D eigenvalue weighted by molar-refractivity contribution is 6.04. The molecule has 2 aromatic rings. The number of hydrogen-bond donors (Lipinski definition) is 2. The van der Waals surface area contributed by atoms with E-state index < -0.39 is 0 Å². The molecule has 1 aliphatic heterocycles. The van der Waals surface area contributed by atoms with Crippen molar-refractivity contribution in [3.05, 3.63) is 53.6 Å². The maximum absolute atomic E-state index is 12.5. The average Bonchev–Trinajstić information content (AvgIpc) is 2.61. The van der Waals surface area contributed by atoms with Crippen LogP contribution in [-0.4, -0.2) is 43.2 Å². The molecule has 1 fully saturated rings. The van der Waals surface area contributed by atoms with Crippen LogP contribution >= 0.6 is 0 Å². The van der Waals surface area contributed by atoms with Crippen molar-refractivity contribution in [1.29, 1.82) is 0 Å². The molecular weight excluding hydrogens is 342 g/mol. The first kappa shape index (κ1) is 19.2. The van der Waals surface area contributed by atoms with E-state index in [9.17, 15) is 4.79 Å². The van der Waals surface area contributed by atoms with Crippen LogP contribution in [0.2, 0.25) is 0 Å². The number of nitrogens with one attached hydrogen (secondary N) is 1. The molecule has 2 atom stereocenters. The molecule has 0 radical (unpaired) electrons. The lowest BCUT2D eigenvalue weighted by Crippen LogP contribution is -2.44. The van der Waals surface area contributed by atoms with Crippen molar-refractivity contribution >= 4 is 17.3 Å². The van der Waals surface area contributed by atoms with Gasteiger partial charge in [-0.15, -0.1) is 0 Å². The largest absolute Gasteiger partial charge is 0.495 e. The highest BCUT2D eigenvalue weighted by Crippen LogP contribution is 2.25. The van der Waals surface area contributed by atoms with Crippen molar-refractivity contribution in [3.63, 3.8) is 0 Å². The summed E-state index contributed by atoms with van der Waals surface area (Å²) in [4.78, 5) is 14.8. The molecule has 27 heavy (non-hydrogen) atoms. The topological polar surface area (TPSA) is 76.8 Å². The Bertz CT molecular complexity index is 782. The molecule has 0 spiro atoms. The van der Waals surface area contributed by atoms with E-state index >= 15 is 0 Å². The highest BCUT2D eigenvalue weighted by Gasteiger charge is 2.22. The molecule has 2 unspecified atom stereocenters. The zero-order chi connectivity index (χ0) is 19.4. The summed E-state index contributed by atoms with van der Waals surface area (Å²) in [5.41, 5.74) is 8.80. The summed E-state index contributed by atoms with van der Waals surface area (Å²) in [5.74, 6) is 0.420. The number of nitrogen functional groups attached to an aromatic ring is 1. The van der Waals surface area contributed by atoms with Gasteiger partial charge in [0.25, 0.3) is 5.91 Å². The van der Waals surface area contributed by atoms with Crippen LogP contribution in [0.4, 0.5) is 11.4 Å². The van der Waals surface area contributed by atoms with Gasteiger partial charge in [-0.1, -0.05) is 12.1 Å². The predicted octanol–water partition coefficient (Wildman–Crippen LogP) is 3.14. The van der Waals surface area contributed by atoms with Crippen molar-refractivity contribution in [2.24, 2.45) is 0 Å². The normalized spacial score (nSPS) is 20.3. The van der Waals surface area contributed by atoms with E-state index in [0.29, 0.717) is 22.7 Å². The zero-order valence-corrected chi connectivity index (χ0v) is 16.1. The fourth-order valence-electron chi connectivity index (χ4n) is 3.45. The molecule has 0 aromatic heterocycles. The van der Waals surface area contributed by atoms with Gasteiger partial charge in [-0.2, -0.15) is 0 Å². The molecule has 1 heterocycles. The molecular formula is C21H27N3O3. The fraction of sp³-hybridized carbons (Fsp3) is 0.381. The molecule has 3 N–H and O–H groups in total. The SMILES string of the molecule is COc1ccc(NC(=O)c2ccc(CN3CC(C)OC(C)C3)cc2)cc1N. The number of carbonyl (C=O) groups is 1. The molecule has 144 valence electrons. The Kier molecular flexibility index (Phi) is 5.98. The van der Waals surface area contributed by atoms with Crippen LogP contribution in [0.15, 0.2) is 42.5 Å². The van der Waals surface area contributed by atoms with Gasteiger partial charge in [0.2, 0.25) is 0 Å². The number of hydrogen-bond acceptors (Lipinski definition) is 5. The lowest BCUT2D eigenvalue weighted by Gasteiger charge is -2.35. The van der Waals surface area contributed by atoms with Gasteiger partial charge in [-0.05, 0) is 49.7 Å². The van der Waals surface area contributed by atoms with E-state index in [1.54, 1.807) is 25.3 Å². The summed E-state index contributed by atoms with van der Waals surface area (Å²) in [6.07, 6.45) is 0.492. The van der Waals surface area contributed by atoms with Crippen molar-refractivity contribution in [3.8, 4) is 5.75 Å². The first-order chi connectivity index (χ1) is 12.9. The van der Waals surface area contributed by atoms with Crippen LogP contribution in [0.3, 0.4) is 0 Å². The van der Waals surface area contributed by atoms with E-state index in [1.165, 1.54) is 5.56 Å². The fourth-order valence-corrected chi connectivity index (χ4v) is 3.45. The Hall–Kier alpha value is -2.57. The number of carbonyl (C=O) groups excluding carboxylic acids is 1. The zero-order valence-electron chi connectivity index (χ0n) is 16.1. The lowest BCUT2D eigenvalue weighted by atomic mass is 10.1. The van der Waals surface area contributed by atoms with Crippen LogP contribution in [0, 0.1) is 0 Å². The number of rotatable bonds is 5.